The van der Waals surface area contributed by atoms with Gasteiger partial charge in [0.2, 0.25) is 0 Å². The molecular formula is C9H17NO2. The van der Waals surface area contributed by atoms with Crippen LogP contribution >= 0.6 is 0 Å². The largest absolute Gasteiger partial charge is 0.478 e. The zero-order valence-corrected chi connectivity index (χ0v) is 8.00. The van der Waals surface area contributed by atoms with Gasteiger partial charge in [0, 0.05) is 18.7 Å². The lowest BCUT2D eigenvalue weighted by Crippen LogP contribution is -2.26. The van der Waals surface area contributed by atoms with E-state index in [0.29, 0.717) is 12.0 Å². The molecule has 12 heavy (non-hydrogen) atoms. The van der Waals surface area contributed by atoms with Crippen molar-refractivity contribution in [2.45, 2.75) is 20.3 Å². The molecule has 0 radical (unpaired) electrons. The Hall–Kier alpha value is -0.830. The van der Waals surface area contributed by atoms with Gasteiger partial charge in [-0.1, -0.05) is 19.9 Å². The summed E-state index contributed by atoms with van der Waals surface area (Å²) in [6, 6.07) is 0. The second kappa shape index (κ2) is 5.77. The van der Waals surface area contributed by atoms with E-state index in [9.17, 15) is 4.79 Å². The predicted molar refractivity (Wildman–Crippen MR) is 49.2 cm³/mol. The van der Waals surface area contributed by atoms with Crippen LogP contribution in [-0.4, -0.2) is 36.1 Å². The molecule has 0 aliphatic carbocycles. The minimum Gasteiger partial charge on any atom is -0.478 e. The molecule has 0 fully saturated rings. The van der Waals surface area contributed by atoms with E-state index in [1.54, 1.807) is 6.08 Å². The third kappa shape index (κ3) is 3.53. The molecule has 0 spiro atoms. The second-order valence-corrected chi connectivity index (χ2v) is 2.55. The molecule has 0 aromatic heterocycles. The van der Waals surface area contributed by atoms with Crippen molar-refractivity contribution in [1.29, 1.82) is 0 Å². The van der Waals surface area contributed by atoms with Gasteiger partial charge in [0.1, 0.15) is 0 Å². The Bertz CT molecular complexity index is 175. The average Bonchev–Trinajstić information content (AvgIpc) is 2.09. The summed E-state index contributed by atoms with van der Waals surface area (Å²) in [4.78, 5) is 12.5. The van der Waals surface area contributed by atoms with E-state index in [1.165, 1.54) is 0 Å². The molecule has 1 rings (SSSR count). The molecule has 0 unspecified atom stereocenters. The lowest BCUT2D eigenvalue weighted by molar-refractivity contribution is -0.132. The Morgan fingerprint density at radius 1 is 1.58 bits per heavy atom. The van der Waals surface area contributed by atoms with Crippen molar-refractivity contribution < 1.29 is 9.90 Å². The van der Waals surface area contributed by atoms with Crippen molar-refractivity contribution in [3.05, 3.63) is 11.6 Å². The fourth-order valence-electron chi connectivity index (χ4n) is 0.965. The molecule has 1 N–H and O–H groups in total. The fourth-order valence-corrected chi connectivity index (χ4v) is 0.965. The van der Waals surface area contributed by atoms with Crippen LogP contribution in [-0.2, 0) is 4.79 Å². The van der Waals surface area contributed by atoms with Crippen LogP contribution in [0, 0.1) is 0 Å². The zero-order valence-electron chi connectivity index (χ0n) is 8.00. The first kappa shape index (κ1) is 11.2. The van der Waals surface area contributed by atoms with Gasteiger partial charge in [-0.25, -0.2) is 4.79 Å². The van der Waals surface area contributed by atoms with Gasteiger partial charge in [0.05, 0.1) is 0 Å². The van der Waals surface area contributed by atoms with E-state index in [4.69, 9.17) is 5.11 Å². The number of rotatable bonds is 1. The van der Waals surface area contributed by atoms with Crippen molar-refractivity contribution in [2.75, 3.05) is 20.1 Å². The lowest BCUT2D eigenvalue weighted by Gasteiger charge is -2.19. The van der Waals surface area contributed by atoms with E-state index in [0.717, 1.165) is 13.1 Å². The summed E-state index contributed by atoms with van der Waals surface area (Å²) in [6.07, 6.45) is 2.44. The topological polar surface area (TPSA) is 40.5 Å². The Labute approximate surface area is 73.7 Å². The molecule has 0 saturated carbocycles. The first-order valence-corrected chi connectivity index (χ1v) is 4.31. The number of carboxylic acid groups (broad SMARTS) is 1. The van der Waals surface area contributed by atoms with Gasteiger partial charge in [-0.15, -0.1) is 0 Å². The Kier molecular flexibility index (Phi) is 5.37. The number of hydrogen-bond acceptors (Lipinski definition) is 2. The standard InChI is InChI=1S/C7H11NO2.C2H6/c1-8-4-2-6(3-5-8)7(9)10;1-2/h2H,3-5H2,1H3,(H,9,10);1-2H3. The molecule has 0 saturated heterocycles. The third-order valence-corrected chi connectivity index (χ3v) is 1.69. The number of carbonyl (C=O) groups is 1. The first-order chi connectivity index (χ1) is 5.70. The molecule has 1 aliphatic heterocycles. The number of nitrogens with zero attached hydrogens (tertiary/aromatic N) is 1. The minimum absolute atomic E-state index is 0.554. The van der Waals surface area contributed by atoms with Gasteiger partial charge < -0.3 is 10.0 Å². The molecule has 3 heteroatoms. The second-order valence-electron chi connectivity index (χ2n) is 2.55. The Morgan fingerprint density at radius 2 is 2.17 bits per heavy atom. The van der Waals surface area contributed by atoms with Crippen molar-refractivity contribution in [3.8, 4) is 0 Å². The minimum atomic E-state index is -0.770. The number of aliphatic carboxylic acids is 1. The van der Waals surface area contributed by atoms with Crippen LogP contribution in [0.3, 0.4) is 0 Å². The molecule has 0 amide bonds. The van der Waals surface area contributed by atoms with Crippen molar-refractivity contribution in [2.24, 2.45) is 0 Å². The molecule has 3 nitrogen and oxygen atoms in total. The molecule has 0 bridgehead atoms. The van der Waals surface area contributed by atoms with E-state index in [2.05, 4.69) is 4.90 Å². The molecule has 0 aromatic rings. The van der Waals surface area contributed by atoms with Crippen LogP contribution in [0.25, 0.3) is 0 Å². The van der Waals surface area contributed by atoms with Crippen molar-refractivity contribution in [1.82, 2.24) is 4.90 Å². The highest BCUT2D eigenvalue weighted by Gasteiger charge is 2.12. The maximum Gasteiger partial charge on any atom is 0.331 e. The first-order valence-electron chi connectivity index (χ1n) is 4.31. The summed E-state index contributed by atoms with van der Waals surface area (Å²) in [5, 5.41) is 8.54. The van der Waals surface area contributed by atoms with Gasteiger partial charge in [-0.3, -0.25) is 0 Å². The monoisotopic (exact) mass is 171 g/mol. The molecule has 0 aromatic carbocycles. The van der Waals surface area contributed by atoms with Crippen LogP contribution in [0.4, 0.5) is 0 Å². The smallest absolute Gasteiger partial charge is 0.331 e. The maximum absolute atomic E-state index is 10.4. The predicted octanol–water partition coefficient (Wildman–Crippen LogP) is 1.36. The van der Waals surface area contributed by atoms with E-state index in [1.807, 2.05) is 20.9 Å². The highest BCUT2D eigenvalue weighted by molar-refractivity contribution is 5.86. The van der Waals surface area contributed by atoms with Crippen LogP contribution < -0.4 is 0 Å². The molecular weight excluding hydrogens is 154 g/mol. The molecule has 70 valence electrons. The molecule has 0 atom stereocenters. The number of carboxylic acids is 1. The Morgan fingerprint density at radius 3 is 2.50 bits per heavy atom. The molecule has 1 heterocycles. The Balaban J connectivity index is 0.000000561. The van der Waals surface area contributed by atoms with Gasteiger partial charge in [-0.2, -0.15) is 0 Å². The molecule has 1 aliphatic rings. The fraction of sp³-hybridized carbons (Fsp3) is 0.667. The van der Waals surface area contributed by atoms with Gasteiger partial charge in [0.15, 0.2) is 0 Å². The average molecular weight is 171 g/mol. The summed E-state index contributed by atoms with van der Waals surface area (Å²) in [6.45, 7) is 5.62. The van der Waals surface area contributed by atoms with Gasteiger partial charge in [-0.05, 0) is 13.5 Å². The summed E-state index contributed by atoms with van der Waals surface area (Å²) in [7, 11) is 1.98. The number of likely N-dealkylation sites (N-methyl/N-ethyl adjacent to an activating group) is 1. The summed E-state index contributed by atoms with van der Waals surface area (Å²) in [5.41, 5.74) is 0.554. The highest BCUT2D eigenvalue weighted by Crippen LogP contribution is 2.08. The van der Waals surface area contributed by atoms with Crippen molar-refractivity contribution in [3.63, 3.8) is 0 Å². The maximum atomic E-state index is 10.4. The quantitative estimate of drug-likeness (QED) is 0.647. The van der Waals surface area contributed by atoms with Crippen LogP contribution in [0.1, 0.15) is 20.3 Å². The zero-order chi connectivity index (χ0) is 9.56. The summed E-state index contributed by atoms with van der Waals surface area (Å²) >= 11 is 0. The summed E-state index contributed by atoms with van der Waals surface area (Å²) < 4.78 is 0. The highest BCUT2D eigenvalue weighted by atomic mass is 16.4. The van der Waals surface area contributed by atoms with Crippen LogP contribution in [0.5, 0.6) is 0 Å². The third-order valence-electron chi connectivity index (χ3n) is 1.69. The van der Waals surface area contributed by atoms with Crippen LogP contribution in [0.15, 0.2) is 11.6 Å². The van der Waals surface area contributed by atoms with Crippen molar-refractivity contribution >= 4 is 5.97 Å². The van der Waals surface area contributed by atoms with Crippen LogP contribution in [0.2, 0.25) is 0 Å². The number of hydrogen-bond donors (Lipinski definition) is 1. The van der Waals surface area contributed by atoms with E-state index < -0.39 is 5.97 Å². The van der Waals surface area contributed by atoms with Gasteiger partial charge in [0.25, 0.3) is 0 Å². The normalized spacial score (nSPS) is 17.4. The van der Waals surface area contributed by atoms with Gasteiger partial charge >= 0.3 is 5.97 Å². The lowest BCUT2D eigenvalue weighted by atomic mass is 10.1. The van der Waals surface area contributed by atoms with E-state index >= 15 is 0 Å². The summed E-state index contributed by atoms with van der Waals surface area (Å²) in [5.74, 6) is -0.770. The SMILES string of the molecule is CC.CN1CC=C(C(=O)O)CC1. The van der Waals surface area contributed by atoms with E-state index in [-0.39, 0.29) is 0 Å².